The molecular formula is C20H18F4N5O4P. The van der Waals surface area contributed by atoms with Gasteiger partial charge >= 0.3 is 11.9 Å². The third-order valence-corrected chi connectivity index (χ3v) is 6.09. The second kappa shape index (κ2) is 9.26. The molecule has 0 unspecified atom stereocenters. The van der Waals surface area contributed by atoms with E-state index in [1.165, 1.54) is 32.6 Å². The first-order valence-electron chi connectivity index (χ1n) is 9.46. The molecule has 34 heavy (non-hydrogen) atoms. The maximum Gasteiger partial charge on any atom is 0.421 e. The second-order valence-electron chi connectivity index (χ2n) is 7.33. The van der Waals surface area contributed by atoms with Crippen LogP contribution in [0.15, 0.2) is 42.6 Å². The van der Waals surface area contributed by atoms with Gasteiger partial charge in [0.15, 0.2) is 0 Å². The van der Waals surface area contributed by atoms with Gasteiger partial charge in [-0.1, -0.05) is 12.1 Å². The summed E-state index contributed by atoms with van der Waals surface area (Å²) in [5, 5.41) is 16.5. The highest BCUT2D eigenvalue weighted by Gasteiger charge is 2.36. The van der Waals surface area contributed by atoms with E-state index in [2.05, 4.69) is 20.6 Å². The zero-order valence-corrected chi connectivity index (χ0v) is 18.9. The highest BCUT2D eigenvalue weighted by molar-refractivity contribution is 7.70. The van der Waals surface area contributed by atoms with E-state index >= 15 is 0 Å². The number of alkyl halides is 3. The molecule has 180 valence electrons. The molecule has 2 N–H and O–H groups in total. The molecule has 0 bridgehead atoms. The number of nitrogens with one attached hydrogen (secondary N) is 2. The zero-order chi connectivity index (χ0) is 25.3. The third-order valence-electron chi connectivity index (χ3n) is 4.54. The normalized spacial score (nSPS) is 11.7. The average molecular weight is 499 g/mol. The predicted molar refractivity (Wildman–Crippen MR) is 119 cm³/mol. The standard InChI is InChI=1S/C20H18F4N5O4P/c1-33-16-8-12(21)15(29(30)31)9-14(16)27-19-25-10-11(20(22,23)24)18(28-19)26-13-6-4-5-7-17(13)34(2,3)32/h4-10H,1-3H3,(H2,25,26,27,28). The van der Waals surface area contributed by atoms with Crippen molar-refractivity contribution in [3.63, 3.8) is 0 Å². The summed E-state index contributed by atoms with van der Waals surface area (Å²) in [6.07, 6.45) is -4.31. The van der Waals surface area contributed by atoms with E-state index in [-0.39, 0.29) is 23.1 Å². The smallest absolute Gasteiger partial charge is 0.421 e. The first-order chi connectivity index (χ1) is 15.8. The van der Waals surface area contributed by atoms with Gasteiger partial charge in [0.05, 0.1) is 23.4 Å². The van der Waals surface area contributed by atoms with Gasteiger partial charge in [0.2, 0.25) is 11.8 Å². The van der Waals surface area contributed by atoms with E-state index in [1.54, 1.807) is 12.1 Å². The van der Waals surface area contributed by atoms with Crippen LogP contribution in [-0.2, 0) is 10.7 Å². The summed E-state index contributed by atoms with van der Waals surface area (Å²) in [5.74, 6) is -2.36. The van der Waals surface area contributed by atoms with Crippen LogP contribution in [0.5, 0.6) is 5.75 Å². The van der Waals surface area contributed by atoms with Crippen molar-refractivity contribution in [1.29, 1.82) is 0 Å². The number of rotatable bonds is 7. The maximum absolute atomic E-state index is 13.9. The molecule has 0 saturated heterocycles. The van der Waals surface area contributed by atoms with Gasteiger partial charge in [-0.3, -0.25) is 10.1 Å². The number of para-hydroxylation sites is 1. The van der Waals surface area contributed by atoms with Crippen molar-refractivity contribution in [3.05, 3.63) is 64.1 Å². The number of methoxy groups -OCH3 is 1. The molecule has 0 radical (unpaired) electrons. The van der Waals surface area contributed by atoms with E-state index in [9.17, 15) is 32.2 Å². The Morgan fingerprint density at radius 2 is 1.79 bits per heavy atom. The largest absolute Gasteiger partial charge is 0.494 e. The van der Waals surface area contributed by atoms with E-state index in [0.717, 1.165) is 12.1 Å². The van der Waals surface area contributed by atoms with Crippen LogP contribution >= 0.6 is 7.14 Å². The van der Waals surface area contributed by atoms with Gasteiger partial charge in [-0.25, -0.2) is 4.98 Å². The fraction of sp³-hybridized carbons (Fsp3) is 0.200. The quantitative estimate of drug-likeness (QED) is 0.195. The molecule has 0 aliphatic rings. The van der Waals surface area contributed by atoms with E-state index in [0.29, 0.717) is 11.5 Å². The van der Waals surface area contributed by atoms with Gasteiger partial charge < -0.3 is 19.9 Å². The molecule has 2 aromatic carbocycles. The molecule has 1 heterocycles. The molecule has 3 rings (SSSR count). The molecule has 0 aliphatic carbocycles. The molecule has 0 atom stereocenters. The maximum atomic E-state index is 13.9. The fourth-order valence-electron chi connectivity index (χ4n) is 2.99. The first-order valence-corrected chi connectivity index (χ1v) is 12.1. The lowest BCUT2D eigenvalue weighted by Crippen LogP contribution is -2.16. The van der Waals surface area contributed by atoms with Gasteiger partial charge in [0.1, 0.15) is 24.3 Å². The van der Waals surface area contributed by atoms with Gasteiger partial charge in [-0.05, 0) is 25.5 Å². The van der Waals surface area contributed by atoms with Crippen LogP contribution in [0.25, 0.3) is 0 Å². The number of aromatic nitrogens is 2. The Hall–Kier alpha value is -3.73. The van der Waals surface area contributed by atoms with Crippen molar-refractivity contribution >= 4 is 41.3 Å². The Bertz CT molecular complexity index is 1300. The van der Waals surface area contributed by atoms with Crippen LogP contribution in [0.2, 0.25) is 0 Å². The van der Waals surface area contributed by atoms with E-state index in [1.807, 2.05) is 0 Å². The number of ether oxygens (including phenoxy) is 1. The van der Waals surface area contributed by atoms with Crippen LogP contribution < -0.4 is 20.7 Å². The highest BCUT2D eigenvalue weighted by Crippen LogP contribution is 2.40. The van der Waals surface area contributed by atoms with Gasteiger partial charge in [0, 0.05) is 23.6 Å². The van der Waals surface area contributed by atoms with Crippen molar-refractivity contribution in [3.8, 4) is 5.75 Å². The first kappa shape index (κ1) is 24.9. The van der Waals surface area contributed by atoms with Gasteiger partial charge in [0.25, 0.3) is 0 Å². The number of hydrogen-bond acceptors (Lipinski definition) is 8. The van der Waals surface area contributed by atoms with Crippen molar-refractivity contribution < 1.29 is 31.8 Å². The SMILES string of the molecule is COc1cc(F)c([N+](=O)[O-])cc1Nc1ncc(C(F)(F)F)c(Nc2ccccc2P(C)(C)=O)n1. The van der Waals surface area contributed by atoms with Gasteiger partial charge in [-0.15, -0.1) is 0 Å². The van der Waals surface area contributed by atoms with Crippen molar-refractivity contribution in [2.24, 2.45) is 0 Å². The summed E-state index contributed by atoms with van der Waals surface area (Å²) in [4.78, 5) is 17.6. The van der Waals surface area contributed by atoms with Crippen LogP contribution in [0.3, 0.4) is 0 Å². The molecule has 0 aliphatic heterocycles. The summed E-state index contributed by atoms with van der Waals surface area (Å²) >= 11 is 0. The number of halogens is 4. The molecule has 0 spiro atoms. The summed E-state index contributed by atoms with van der Waals surface area (Å²) in [6, 6.07) is 7.70. The molecule has 0 fully saturated rings. The second-order valence-corrected chi connectivity index (χ2v) is 10.5. The average Bonchev–Trinajstić information content (AvgIpc) is 2.73. The fourth-order valence-corrected chi connectivity index (χ4v) is 4.15. The molecule has 0 amide bonds. The lowest BCUT2D eigenvalue weighted by atomic mass is 10.2. The molecule has 14 heteroatoms. The van der Waals surface area contributed by atoms with Crippen LogP contribution in [0, 0.1) is 15.9 Å². The topological polar surface area (TPSA) is 119 Å². The Kier molecular flexibility index (Phi) is 6.78. The van der Waals surface area contributed by atoms with E-state index < -0.39 is 41.1 Å². The van der Waals surface area contributed by atoms with Crippen LogP contribution in [0.1, 0.15) is 5.56 Å². The van der Waals surface area contributed by atoms with Crippen molar-refractivity contribution in [2.75, 3.05) is 31.1 Å². The highest BCUT2D eigenvalue weighted by atomic mass is 31.2. The number of benzene rings is 2. The number of nitrogens with zero attached hydrogens (tertiary/aromatic N) is 3. The summed E-state index contributed by atoms with van der Waals surface area (Å²) in [5.41, 5.74) is -2.08. The molecule has 0 saturated carbocycles. The minimum absolute atomic E-state index is 0.145. The zero-order valence-electron chi connectivity index (χ0n) is 18.0. The lowest BCUT2D eigenvalue weighted by Gasteiger charge is -2.18. The molecular weight excluding hydrogens is 481 g/mol. The summed E-state index contributed by atoms with van der Waals surface area (Å²) in [6.45, 7) is 2.94. The Morgan fingerprint density at radius 3 is 2.38 bits per heavy atom. The third kappa shape index (κ3) is 5.42. The molecule has 9 nitrogen and oxygen atoms in total. The minimum Gasteiger partial charge on any atom is -0.494 e. The van der Waals surface area contributed by atoms with Crippen molar-refractivity contribution in [2.45, 2.75) is 6.18 Å². The van der Waals surface area contributed by atoms with Gasteiger partial charge in [-0.2, -0.15) is 22.5 Å². The van der Waals surface area contributed by atoms with Crippen LogP contribution in [-0.4, -0.2) is 35.3 Å². The summed E-state index contributed by atoms with van der Waals surface area (Å²) < 4.78 is 72.3. The Morgan fingerprint density at radius 1 is 1.12 bits per heavy atom. The minimum atomic E-state index is -4.83. The number of nitro benzene ring substituents is 1. The molecule has 3 aromatic rings. The molecule has 1 aromatic heterocycles. The van der Waals surface area contributed by atoms with E-state index in [4.69, 9.17) is 4.74 Å². The number of hydrogen-bond donors (Lipinski definition) is 2. The number of anilines is 4. The lowest BCUT2D eigenvalue weighted by molar-refractivity contribution is -0.387. The monoisotopic (exact) mass is 499 g/mol. The summed E-state index contributed by atoms with van der Waals surface area (Å²) in [7, 11) is -1.69. The van der Waals surface area contributed by atoms with Crippen molar-refractivity contribution in [1.82, 2.24) is 9.97 Å². The van der Waals surface area contributed by atoms with Crippen LogP contribution in [0.4, 0.5) is 46.4 Å². The number of nitro groups is 1. The Balaban J connectivity index is 2.09. The predicted octanol–water partition coefficient (Wildman–Crippen LogP) is 5.29. The Labute approximate surface area is 190 Å².